The average molecular weight is 286 g/mol. The summed E-state index contributed by atoms with van der Waals surface area (Å²) in [5, 5.41) is 3.21. The Morgan fingerprint density at radius 1 is 1.16 bits per heavy atom. The first-order chi connectivity index (χ1) is 8.58. The summed E-state index contributed by atoms with van der Waals surface area (Å²) in [5.74, 6) is 0.677. The molecule has 1 rings (SSSR count). The molecule has 0 bridgehead atoms. The van der Waals surface area contributed by atoms with Gasteiger partial charge in [0.1, 0.15) is 0 Å². The number of hydrogen-bond acceptors (Lipinski definition) is 2. The molecule has 0 spiro atoms. The lowest BCUT2D eigenvalue weighted by Crippen LogP contribution is -2.41. The highest BCUT2D eigenvalue weighted by atomic mass is 35.5. The molecule has 108 valence electrons. The van der Waals surface area contributed by atoms with Crippen molar-refractivity contribution in [1.82, 2.24) is 10.8 Å². The molecule has 0 aliphatic carbocycles. The number of halogens is 1. The van der Waals surface area contributed by atoms with Crippen LogP contribution in [0.2, 0.25) is 0 Å². The van der Waals surface area contributed by atoms with E-state index in [1.165, 1.54) is 0 Å². The number of hydroxylamine groups is 1. The molecular weight excluding hydrogens is 262 g/mol. The van der Waals surface area contributed by atoms with E-state index < -0.39 is 0 Å². The maximum absolute atomic E-state index is 5.44. The van der Waals surface area contributed by atoms with E-state index in [-0.39, 0.29) is 18.4 Å². The summed E-state index contributed by atoms with van der Waals surface area (Å²) in [6.45, 7) is 8.70. The first-order valence-corrected chi connectivity index (χ1v) is 6.34. The number of aliphatic imine (C=N–C) groups is 1. The van der Waals surface area contributed by atoms with Gasteiger partial charge in [0.05, 0.1) is 6.61 Å². The fourth-order valence-electron chi connectivity index (χ4n) is 1.39. The minimum atomic E-state index is 0. The number of rotatable bonds is 5. The minimum absolute atomic E-state index is 0. The zero-order valence-corrected chi connectivity index (χ0v) is 12.8. The third-order valence-corrected chi connectivity index (χ3v) is 2.06. The van der Waals surface area contributed by atoms with Crippen LogP contribution in [0.25, 0.3) is 0 Å². The van der Waals surface area contributed by atoms with Crippen LogP contribution in [0.15, 0.2) is 35.3 Å². The SMILES string of the molecule is CC(C)N=C(NOCc1ccccc1)NC(C)C.Cl. The maximum Gasteiger partial charge on any atom is 0.216 e. The molecule has 0 unspecified atom stereocenters. The second-order valence-electron chi connectivity index (χ2n) is 4.75. The molecule has 1 aromatic carbocycles. The molecule has 0 aliphatic heterocycles. The van der Waals surface area contributed by atoms with Crippen molar-refractivity contribution < 1.29 is 4.84 Å². The summed E-state index contributed by atoms with van der Waals surface area (Å²) in [6, 6.07) is 10.6. The number of nitrogens with zero attached hydrogens (tertiary/aromatic N) is 1. The van der Waals surface area contributed by atoms with Crippen molar-refractivity contribution in [2.45, 2.75) is 46.4 Å². The first kappa shape index (κ1) is 17.7. The molecule has 4 nitrogen and oxygen atoms in total. The van der Waals surface area contributed by atoms with Gasteiger partial charge in [0.2, 0.25) is 5.96 Å². The number of benzene rings is 1. The van der Waals surface area contributed by atoms with Gasteiger partial charge in [-0.1, -0.05) is 30.3 Å². The van der Waals surface area contributed by atoms with Crippen LogP contribution < -0.4 is 10.8 Å². The topological polar surface area (TPSA) is 45.7 Å². The maximum atomic E-state index is 5.44. The monoisotopic (exact) mass is 285 g/mol. The second-order valence-corrected chi connectivity index (χ2v) is 4.75. The van der Waals surface area contributed by atoms with E-state index in [1.54, 1.807) is 0 Å². The lowest BCUT2D eigenvalue weighted by atomic mass is 10.2. The Hall–Kier alpha value is -1.26. The highest BCUT2D eigenvalue weighted by molar-refractivity contribution is 5.85. The number of nitrogens with one attached hydrogen (secondary N) is 2. The zero-order valence-electron chi connectivity index (χ0n) is 12.0. The van der Waals surface area contributed by atoms with Gasteiger partial charge in [0, 0.05) is 12.1 Å². The largest absolute Gasteiger partial charge is 0.352 e. The highest BCUT2D eigenvalue weighted by Gasteiger charge is 2.02. The molecule has 2 N–H and O–H groups in total. The van der Waals surface area contributed by atoms with Gasteiger partial charge in [-0.3, -0.25) is 4.84 Å². The average Bonchev–Trinajstić information content (AvgIpc) is 2.28. The second kappa shape index (κ2) is 9.64. The Bertz CT molecular complexity index is 366. The molecule has 0 fully saturated rings. The summed E-state index contributed by atoms with van der Waals surface area (Å²) >= 11 is 0. The van der Waals surface area contributed by atoms with E-state index in [0.29, 0.717) is 18.6 Å². The van der Waals surface area contributed by atoms with Crippen molar-refractivity contribution in [3.8, 4) is 0 Å². The lowest BCUT2D eigenvalue weighted by Gasteiger charge is -2.15. The van der Waals surface area contributed by atoms with Crippen molar-refractivity contribution in [3.63, 3.8) is 0 Å². The molecule has 0 atom stereocenters. The Kier molecular flexibility index (Phi) is 9.00. The molecule has 1 aromatic rings. The Morgan fingerprint density at radius 2 is 1.79 bits per heavy atom. The number of hydrogen-bond donors (Lipinski definition) is 2. The first-order valence-electron chi connectivity index (χ1n) is 6.34. The molecular formula is C14H24ClN3O. The van der Waals surface area contributed by atoms with E-state index >= 15 is 0 Å². The van der Waals surface area contributed by atoms with Crippen molar-refractivity contribution in [2.75, 3.05) is 0 Å². The Labute approximate surface area is 122 Å². The van der Waals surface area contributed by atoms with Crippen molar-refractivity contribution in [3.05, 3.63) is 35.9 Å². The fraction of sp³-hybridized carbons (Fsp3) is 0.500. The predicted molar refractivity (Wildman–Crippen MR) is 82.5 cm³/mol. The van der Waals surface area contributed by atoms with Gasteiger partial charge in [-0.05, 0) is 33.3 Å². The third kappa shape index (κ3) is 8.46. The van der Waals surface area contributed by atoms with Crippen LogP contribution in [0.3, 0.4) is 0 Å². The summed E-state index contributed by atoms with van der Waals surface area (Å²) < 4.78 is 0. The molecule has 0 aromatic heterocycles. The molecule has 19 heavy (non-hydrogen) atoms. The number of guanidine groups is 1. The minimum Gasteiger partial charge on any atom is -0.352 e. The van der Waals surface area contributed by atoms with Gasteiger partial charge in [0.25, 0.3) is 0 Å². The predicted octanol–water partition coefficient (Wildman–Crippen LogP) is 2.89. The summed E-state index contributed by atoms with van der Waals surface area (Å²) in [4.78, 5) is 9.86. The van der Waals surface area contributed by atoms with E-state index in [9.17, 15) is 0 Å². The zero-order chi connectivity index (χ0) is 13.4. The van der Waals surface area contributed by atoms with E-state index in [1.807, 2.05) is 44.2 Å². The highest BCUT2D eigenvalue weighted by Crippen LogP contribution is 1.99. The molecule has 5 heteroatoms. The van der Waals surface area contributed by atoms with Gasteiger partial charge < -0.3 is 5.32 Å². The van der Waals surface area contributed by atoms with Gasteiger partial charge in [-0.25, -0.2) is 10.5 Å². The van der Waals surface area contributed by atoms with Crippen molar-refractivity contribution >= 4 is 18.4 Å². The smallest absolute Gasteiger partial charge is 0.216 e. The van der Waals surface area contributed by atoms with Crippen LogP contribution >= 0.6 is 12.4 Å². The van der Waals surface area contributed by atoms with Crippen LogP contribution in [0.5, 0.6) is 0 Å². The molecule has 0 heterocycles. The molecule has 0 radical (unpaired) electrons. The molecule has 0 saturated heterocycles. The van der Waals surface area contributed by atoms with E-state index in [0.717, 1.165) is 5.56 Å². The fourth-order valence-corrected chi connectivity index (χ4v) is 1.39. The molecule has 0 amide bonds. The summed E-state index contributed by atoms with van der Waals surface area (Å²) in [6.07, 6.45) is 0. The standard InChI is InChI=1S/C14H23N3O.ClH/c1-11(2)15-14(16-12(3)4)17-18-10-13-8-6-5-7-9-13;/h5-9,11-12H,10H2,1-4H3,(H2,15,16,17);1H. The van der Waals surface area contributed by atoms with E-state index in [4.69, 9.17) is 4.84 Å². The van der Waals surface area contributed by atoms with Crippen LogP contribution in [-0.4, -0.2) is 18.0 Å². The van der Waals surface area contributed by atoms with Crippen molar-refractivity contribution in [1.29, 1.82) is 0 Å². The lowest BCUT2D eigenvalue weighted by molar-refractivity contribution is 0.0680. The van der Waals surface area contributed by atoms with Crippen molar-refractivity contribution in [2.24, 2.45) is 4.99 Å². The van der Waals surface area contributed by atoms with Crippen LogP contribution in [0.1, 0.15) is 33.3 Å². The molecule has 0 saturated carbocycles. The van der Waals surface area contributed by atoms with Crippen LogP contribution in [0.4, 0.5) is 0 Å². The molecule has 0 aliphatic rings. The summed E-state index contributed by atoms with van der Waals surface area (Å²) in [7, 11) is 0. The third-order valence-electron chi connectivity index (χ3n) is 2.06. The van der Waals surface area contributed by atoms with Gasteiger partial charge in [-0.15, -0.1) is 12.4 Å². The quantitative estimate of drug-likeness (QED) is 0.497. The Balaban J connectivity index is 0.00000324. The van der Waals surface area contributed by atoms with E-state index in [2.05, 4.69) is 29.6 Å². The van der Waals surface area contributed by atoms with Gasteiger partial charge >= 0.3 is 0 Å². The summed E-state index contributed by atoms with van der Waals surface area (Å²) in [5.41, 5.74) is 3.99. The van der Waals surface area contributed by atoms with Crippen LogP contribution in [0, 0.1) is 0 Å². The van der Waals surface area contributed by atoms with Gasteiger partial charge in [0.15, 0.2) is 0 Å². The normalized spacial score (nSPS) is 11.4. The van der Waals surface area contributed by atoms with Gasteiger partial charge in [-0.2, -0.15) is 0 Å². The van der Waals surface area contributed by atoms with Crippen LogP contribution in [-0.2, 0) is 11.4 Å². The Morgan fingerprint density at radius 3 is 2.32 bits per heavy atom.